The zero-order valence-electron chi connectivity index (χ0n) is 11.5. The average Bonchev–Trinajstić information content (AvgIpc) is 3.01. The summed E-state index contributed by atoms with van der Waals surface area (Å²) in [6.07, 6.45) is 0.351. The topological polar surface area (TPSA) is 97.0 Å². The summed E-state index contributed by atoms with van der Waals surface area (Å²) in [5.41, 5.74) is 0.863. The number of hydrogen-bond donors (Lipinski definition) is 1. The molecule has 2 aromatic heterocycles. The highest BCUT2D eigenvalue weighted by Gasteiger charge is 2.33. The lowest BCUT2D eigenvalue weighted by Gasteiger charge is -2.10. The van der Waals surface area contributed by atoms with E-state index >= 15 is 0 Å². The number of H-pyrrole nitrogens is 1. The maximum Gasteiger partial charge on any atom is 0.348 e. The van der Waals surface area contributed by atoms with Gasteiger partial charge >= 0.3 is 5.69 Å². The van der Waals surface area contributed by atoms with E-state index in [-0.39, 0.29) is 17.5 Å². The summed E-state index contributed by atoms with van der Waals surface area (Å²) in [7, 11) is 1.74. The molecular formula is C12H15N5O3. The summed E-state index contributed by atoms with van der Waals surface area (Å²) in [5, 5.41) is 10.4. The van der Waals surface area contributed by atoms with E-state index in [1.165, 1.54) is 4.57 Å². The second-order valence-electron chi connectivity index (χ2n) is 5.07. The smallest absolute Gasteiger partial charge is 0.348 e. The Kier molecular flexibility index (Phi) is 2.73. The van der Waals surface area contributed by atoms with Gasteiger partial charge in [-0.2, -0.15) is 5.10 Å². The number of nitrogens with zero attached hydrogens (tertiary/aromatic N) is 4. The van der Waals surface area contributed by atoms with E-state index in [1.54, 1.807) is 25.8 Å². The Bertz CT molecular complexity index is 706. The minimum absolute atomic E-state index is 0.0516. The van der Waals surface area contributed by atoms with Crippen LogP contribution in [0.15, 0.2) is 9.32 Å². The fraction of sp³-hybridized carbons (Fsp3) is 0.500. The molecule has 1 N–H and O–H groups in total. The molecule has 1 aliphatic heterocycles. The predicted octanol–water partition coefficient (Wildman–Crippen LogP) is 0.111. The molecule has 1 aliphatic rings. The molecule has 0 spiro atoms. The van der Waals surface area contributed by atoms with E-state index in [1.807, 2.05) is 0 Å². The van der Waals surface area contributed by atoms with Crippen molar-refractivity contribution in [2.75, 3.05) is 13.6 Å². The van der Waals surface area contributed by atoms with Crippen molar-refractivity contribution >= 4 is 5.91 Å². The number of aromatic amines is 1. The number of carbonyl (C=O) groups is 1. The third kappa shape index (κ3) is 1.75. The molecule has 0 bridgehead atoms. The molecule has 20 heavy (non-hydrogen) atoms. The van der Waals surface area contributed by atoms with E-state index < -0.39 is 0 Å². The first kappa shape index (κ1) is 12.6. The molecule has 0 aromatic carbocycles. The molecule has 1 amide bonds. The van der Waals surface area contributed by atoms with Crippen molar-refractivity contribution in [3.05, 3.63) is 27.8 Å². The number of aryl methyl sites for hydroxylation is 2. The second-order valence-corrected chi connectivity index (χ2v) is 5.07. The van der Waals surface area contributed by atoms with Crippen molar-refractivity contribution in [1.29, 1.82) is 0 Å². The molecule has 1 atom stereocenters. The predicted molar refractivity (Wildman–Crippen MR) is 68.7 cm³/mol. The van der Waals surface area contributed by atoms with Crippen molar-refractivity contribution in [2.45, 2.75) is 26.2 Å². The van der Waals surface area contributed by atoms with Crippen molar-refractivity contribution < 1.29 is 9.32 Å². The Morgan fingerprint density at radius 1 is 1.35 bits per heavy atom. The van der Waals surface area contributed by atoms with Crippen molar-refractivity contribution in [2.24, 2.45) is 0 Å². The summed E-state index contributed by atoms with van der Waals surface area (Å²) in [6, 6.07) is 0. The van der Waals surface area contributed by atoms with Gasteiger partial charge in [0.25, 0.3) is 0 Å². The van der Waals surface area contributed by atoms with Gasteiger partial charge in [-0.05, 0) is 13.8 Å². The van der Waals surface area contributed by atoms with E-state index in [0.29, 0.717) is 35.9 Å². The lowest BCUT2D eigenvalue weighted by Crippen LogP contribution is -2.21. The van der Waals surface area contributed by atoms with Crippen LogP contribution in [0, 0.1) is 13.8 Å². The zero-order valence-corrected chi connectivity index (χ0v) is 11.5. The number of amides is 1. The summed E-state index contributed by atoms with van der Waals surface area (Å²) in [4.78, 5) is 25.3. The van der Waals surface area contributed by atoms with E-state index in [9.17, 15) is 9.59 Å². The summed E-state index contributed by atoms with van der Waals surface area (Å²) in [6.45, 7) is 4.05. The molecular weight excluding hydrogens is 262 g/mol. The second kappa shape index (κ2) is 4.32. The van der Waals surface area contributed by atoms with Crippen molar-refractivity contribution in [1.82, 2.24) is 24.8 Å². The first-order valence-electron chi connectivity index (χ1n) is 6.33. The van der Waals surface area contributed by atoms with Crippen LogP contribution in [0.25, 0.3) is 5.69 Å². The van der Waals surface area contributed by atoms with Crippen LogP contribution in [0.1, 0.15) is 29.6 Å². The molecule has 106 valence electrons. The van der Waals surface area contributed by atoms with Gasteiger partial charge < -0.3 is 9.42 Å². The monoisotopic (exact) mass is 277 g/mol. The lowest BCUT2D eigenvalue weighted by atomic mass is 10.1. The first-order valence-corrected chi connectivity index (χ1v) is 6.33. The number of rotatable bonds is 2. The largest absolute Gasteiger partial charge is 0.359 e. The van der Waals surface area contributed by atoms with E-state index in [4.69, 9.17) is 4.52 Å². The highest BCUT2D eigenvalue weighted by molar-refractivity contribution is 5.79. The minimum Gasteiger partial charge on any atom is -0.359 e. The molecule has 1 fully saturated rings. The molecule has 0 radical (unpaired) electrons. The van der Waals surface area contributed by atoms with Gasteiger partial charge in [-0.25, -0.2) is 14.5 Å². The van der Waals surface area contributed by atoms with Gasteiger partial charge in [-0.3, -0.25) is 4.79 Å². The molecule has 1 saturated heterocycles. The molecule has 8 heteroatoms. The Morgan fingerprint density at radius 3 is 2.65 bits per heavy atom. The Labute approximate surface area is 114 Å². The number of hydrogen-bond acceptors (Lipinski definition) is 5. The first-order chi connectivity index (χ1) is 9.49. The van der Waals surface area contributed by atoms with Crippen LogP contribution in [0.4, 0.5) is 0 Å². The summed E-state index contributed by atoms with van der Waals surface area (Å²) in [5.74, 6) is 1.03. The van der Waals surface area contributed by atoms with Crippen molar-refractivity contribution in [3.8, 4) is 5.69 Å². The number of carbonyl (C=O) groups excluding carboxylic acids is 1. The fourth-order valence-electron chi connectivity index (χ4n) is 2.63. The zero-order chi connectivity index (χ0) is 14.4. The standard InChI is InChI=1S/C12H15N5O3/c1-6-10(7(2)20-15-6)17-11(13-14-12(17)19)8-4-9(18)16(3)5-8/h8H,4-5H2,1-3H3,(H,14,19). The number of aromatic nitrogens is 4. The van der Waals surface area contributed by atoms with Crippen LogP contribution in [0.2, 0.25) is 0 Å². The number of nitrogens with one attached hydrogen (secondary N) is 1. The van der Waals surface area contributed by atoms with Crippen LogP contribution < -0.4 is 5.69 Å². The van der Waals surface area contributed by atoms with Gasteiger partial charge in [0.1, 0.15) is 17.2 Å². The SMILES string of the molecule is Cc1noc(C)c1-n1c(C2CC(=O)N(C)C2)n[nH]c1=O. The highest BCUT2D eigenvalue weighted by atomic mass is 16.5. The van der Waals surface area contributed by atoms with Crippen LogP contribution in [-0.2, 0) is 4.79 Å². The third-order valence-electron chi connectivity index (χ3n) is 3.62. The maximum absolute atomic E-state index is 12.0. The molecule has 0 aliphatic carbocycles. The lowest BCUT2D eigenvalue weighted by molar-refractivity contribution is -0.126. The molecule has 3 heterocycles. The summed E-state index contributed by atoms with van der Waals surface area (Å²) < 4.78 is 6.56. The molecule has 1 unspecified atom stereocenters. The third-order valence-corrected chi connectivity index (χ3v) is 3.62. The van der Waals surface area contributed by atoms with Crippen LogP contribution in [0.3, 0.4) is 0 Å². The van der Waals surface area contributed by atoms with E-state index in [2.05, 4.69) is 15.4 Å². The summed E-state index contributed by atoms with van der Waals surface area (Å²) >= 11 is 0. The molecule has 8 nitrogen and oxygen atoms in total. The van der Waals surface area contributed by atoms with Gasteiger partial charge in [0, 0.05) is 25.9 Å². The van der Waals surface area contributed by atoms with Gasteiger partial charge in [-0.1, -0.05) is 5.16 Å². The Morgan fingerprint density at radius 2 is 2.10 bits per heavy atom. The quantitative estimate of drug-likeness (QED) is 0.840. The minimum atomic E-state index is -0.351. The molecule has 3 rings (SSSR count). The number of likely N-dealkylation sites (tertiary alicyclic amines) is 1. The van der Waals surface area contributed by atoms with Crippen LogP contribution in [0.5, 0.6) is 0 Å². The van der Waals surface area contributed by atoms with Crippen LogP contribution >= 0.6 is 0 Å². The number of likely N-dealkylation sites (N-methyl/N-ethyl adjacent to an activating group) is 1. The molecule has 2 aromatic rings. The Balaban J connectivity index is 2.12. The maximum atomic E-state index is 12.0. The van der Waals surface area contributed by atoms with Gasteiger partial charge in [0.2, 0.25) is 5.91 Å². The Hall–Kier alpha value is -2.38. The van der Waals surface area contributed by atoms with Gasteiger partial charge in [0.05, 0.1) is 0 Å². The van der Waals surface area contributed by atoms with Gasteiger partial charge in [0.15, 0.2) is 5.76 Å². The van der Waals surface area contributed by atoms with Crippen molar-refractivity contribution in [3.63, 3.8) is 0 Å². The van der Waals surface area contributed by atoms with Gasteiger partial charge in [-0.15, -0.1) is 0 Å². The van der Waals surface area contributed by atoms with Crippen LogP contribution in [-0.4, -0.2) is 44.3 Å². The average molecular weight is 277 g/mol. The van der Waals surface area contributed by atoms with E-state index in [0.717, 1.165) is 0 Å². The normalized spacial score (nSPS) is 19.1. The fourth-order valence-corrected chi connectivity index (χ4v) is 2.63. The molecule has 0 saturated carbocycles. The highest BCUT2D eigenvalue weighted by Crippen LogP contribution is 2.28.